The van der Waals surface area contributed by atoms with E-state index in [2.05, 4.69) is 15.3 Å². The van der Waals surface area contributed by atoms with E-state index < -0.39 is 40.4 Å². The van der Waals surface area contributed by atoms with Crippen LogP contribution < -0.4 is 5.56 Å². The standard InChI is InChI=1S/C23H20F4N4O4/c1-13-20(22(35)31(30-13)11-3-6-19(32)33)29-28-18-5-2-4-14(21(18)34)7-8-15-12-16(24)9-10-17(15)23(25,26)27/h2,4-5,7-10,12,30,34H,3,6,11H2,1H3,(H,32,33)/b8-7+,29-28?. The Morgan fingerprint density at radius 1 is 1.14 bits per heavy atom. The van der Waals surface area contributed by atoms with Crippen molar-refractivity contribution in [2.45, 2.75) is 32.5 Å². The van der Waals surface area contributed by atoms with Crippen molar-refractivity contribution in [2.24, 2.45) is 10.2 Å². The second-order valence-corrected chi connectivity index (χ2v) is 7.52. The van der Waals surface area contributed by atoms with Gasteiger partial charge in [0.25, 0.3) is 5.56 Å². The number of hydrogen-bond donors (Lipinski definition) is 3. The van der Waals surface area contributed by atoms with Gasteiger partial charge in [-0.25, -0.2) is 4.39 Å². The summed E-state index contributed by atoms with van der Waals surface area (Å²) in [6.45, 7) is 1.70. The number of phenolic OH excluding ortho intramolecular Hbond substituents is 1. The molecule has 0 atom stereocenters. The molecule has 0 saturated heterocycles. The molecule has 0 aliphatic carbocycles. The molecule has 2 aromatic carbocycles. The lowest BCUT2D eigenvalue weighted by Gasteiger charge is -2.10. The minimum atomic E-state index is -4.69. The minimum absolute atomic E-state index is 0.0461. The number of azo groups is 1. The number of aliphatic carboxylic acids is 1. The molecular formula is C23H20F4N4O4. The number of hydrogen-bond acceptors (Lipinski definition) is 5. The fourth-order valence-corrected chi connectivity index (χ4v) is 3.23. The number of rotatable bonds is 8. The number of alkyl halides is 3. The van der Waals surface area contributed by atoms with E-state index in [1.54, 1.807) is 6.92 Å². The van der Waals surface area contributed by atoms with Gasteiger partial charge in [-0.15, -0.1) is 10.2 Å². The molecule has 0 radical (unpaired) electrons. The van der Waals surface area contributed by atoms with Crippen LogP contribution in [0, 0.1) is 12.7 Å². The number of nitrogens with zero attached hydrogens (tertiary/aromatic N) is 3. The molecule has 0 spiro atoms. The van der Waals surface area contributed by atoms with E-state index in [9.17, 15) is 32.3 Å². The molecule has 0 saturated carbocycles. The van der Waals surface area contributed by atoms with Crippen LogP contribution >= 0.6 is 0 Å². The normalized spacial score (nSPS) is 12.1. The van der Waals surface area contributed by atoms with Crippen LogP contribution in [0.2, 0.25) is 0 Å². The van der Waals surface area contributed by atoms with Gasteiger partial charge in [-0.2, -0.15) is 13.2 Å². The SMILES string of the molecule is Cc1[nH]n(CCCC(=O)O)c(=O)c1N=Nc1cccc(/C=C/c2cc(F)ccc2C(F)(F)F)c1O. The molecule has 35 heavy (non-hydrogen) atoms. The number of carbonyl (C=O) groups is 1. The predicted octanol–water partition coefficient (Wildman–Crippen LogP) is 5.80. The van der Waals surface area contributed by atoms with Crippen molar-refractivity contribution in [2.75, 3.05) is 0 Å². The number of aryl methyl sites for hydroxylation is 2. The highest BCUT2D eigenvalue weighted by atomic mass is 19.4. The third kappa shape index (κ3) is 6.22. The lowest BCUT2D eigenvalue weighted by molar-refractivity contribution is -0.138. The second kappa shape index (κ2) is 10.4. The maximum absolute atomic E-state index is 13.5. The molecule has 1 heterocycles. The van der Waals surface area contributed by atoms with E-state index in [1.807, 2.05) is 0 Å². The van der Waals surface area contributed by atoms with Crippen LogP contribution in [0.1, 0.15) is 35.2 Å². The summed E-state index contributed by atoms with van der Waals surface area (Å²) in [5.41, 5.74) is -1.62. The van der Waals surface area contributed by atoms with Gasteiger partial charge < -0.3 is 10.2 Å². The Kier molecular flexibility index (Phi) is 7.52. The van der Waals surface area contributed by atoms with Gasteiger partial charge in [0.15, 0.2) is 5.69 Å². The van der Waals surface area contributed by atoms with Gasteiger partial charge >= 0.3 is 12.1 Å². The lowest BCUT2D eigenvalue weighted by Crippen LogP contribution is -2.17. The summed E-state index contributed by atoms with van der Waals surface area (Å²) in [4.78, 5) is 23.1. The van der Waals surface area contributed by atoms with Crippen molar-refractivity contribution < 1.29 is 32.6 Å². The highest BCUT2D eigenvalue weighted by Gasteiger charge is 2.32. The molecular weight excluding hydrogens is 472 g/mol. The van der Waals surface area contributed by atoms with Gasteiger partial charge in [-0.1, -0.05) is 24.3 Å². The van der Waals surface area contributed by atoms with Crippen LogP contribution in [0.3, 0.4) is 0 Å². The molecule has 184 valence electrons. The number of halogens is 4. The quantitative estimate of drug-likeness (QED) is 0.209. The molecule has 3 rings (SSSR count). The van der Waals surface area contributed by atoms with Crippen molar-refractivity contribution in [3.8, 4) is 5.75 Å². The monoisotopic (exact) mass is 492 g/mol. The fourth-order valence-electron chi connectivity index (χ4n) is 3.23. The van der Waals surface area contributed by atoms with Crippen molar-refractivity contribution in [3.05, 3.63) is 75.0 Å². The molecule has 3 aromatic rings. The van der Waals surface area contributed by atoms with E-state index in [-0.39, 0.29) is 36.3 Å². The molecule has 8 nitrogen and oxygen atoms in total. The van der Waals surface area contributed by atoms with Gasteiger partial charge in [-0.05, 0) is 43.2 Å². The Labute approximate surface area is 195 Å². The van der Waals surface area contributed by atoms with Crippen LogP contribution in [-0.2, 0) is 17.5 Å². The molecule has 12 heteroatoms. The maximum atomic E-state index is 13.5. The third-order valence-electron chi connectivity index (χ3n) is 4.94. The number of para-hydroxylation sites is 1. The molecule has 1 aromatic heterocycles. The average Bonchev–Trinajstić information content (AvgIpc) is 3.03. The number of aromatic amines is 1. The van der Waals surface area contributed by atoms with Crippen molar-refractivity contribution in [1.82, 2.24) is 9.78 Å². The Bertz CT molecular complexity index is 1360. The molecule has 0 fully saturated rings. The maximum Gasteiger partial charge on any atom is 0.416 e. The average molecular weight is 492 g/mol. The van der Waals surface area contributed by atoms with Crippen LogP contribution in [0.4, 0.5) is 28.9 Å². The van der Waals surface area contributed by atoms with Gasteiger partial charge in [0, 0.05) is 18.5 Å². The minimum Gasteiger partial charge on any atom is -0.505 e. The number of carboxylic acids is 1. The number of H-pyrrole nitrogens is 1. The first-order valence-corrected chi connectivity index (χ1v) is 10.3. The number of aromatic nitrogens is 2. The fraction of sp³-hybridized carbons (Fsp3) is 0.217. The summed E-state index contributed by atoms with van der Waals surface area (Å²) in [5, 5.41) is 29.7. The smallest absolute Gasteiger partial charge is 0.416 e. The van der Waals surface area contributed by atoms with Gasteiger partial charge in [0.2, 0.25) is 0 Å². The van der Waals surface area contributed by atoms with Crippen LogP contribution in [-0.4, -0.2) is 26.0 Å². The van der Waals surface area contributed by atoms with Gasteiger partial charge in [0.05, 0.1) is 11.3 Å². The highest BCUT2D eigenvalue weighted by Crippen LogP contribution is 2.35. The van der Waals surface area contributed by atoms with E-state index >= 15 is 0 Å². The largest absolute Gasteiger partial charge is 0.505 e. The topological polar surface area (TPSA) is 120 Å². The Morgan fingerprint density at radius 2 is 1.86 bits per heavy atom. The molecule has 0 unspecified atom stereocenters. The zero-order valence-corrected chi connectivity index (χ0v) is 18.3. The summed E-state index contributed by atoms with van der Waals surface area (Å²) < 4.78 is 54.3. The summed E-state index contributed by atoms with van der Waals surface area (Å²) in [5.74, 6) is -2.25. The second-order valence-electron chi connectivity index (χ2n) is 7.52. The first-order valence-electron chi connectivity index (χ1n) is 10.3. The first-order chi connectivity index (χ1) is 16.5. The van der Waals surface area contributed by atoms with Crippen LogP contribution in [0.15, 0.2) is 51.4 Å². The zero-order valence-electron chi connectivity index (χ0n) is 18.3. The van der Waals surface area contributed by atoms with Crippen LogP contribution in [0.25, 0.3) is 12.2 Å². The lowest BCUT2D eigenvalue weighted by atomic mass is 10.0. The molecule has 0 aliphatic heterocycles. The Hall–Kier alpha value is -4.22. The first kappa shape index (κ1) is 25.4. The highest BCUT2D eigenvalue weighted by molar-refractivity contribution is 5.76. The van der Waals surface area contributed by atoms with E-state index in [4.69, 9.17) is 5.11 Å². The summed E-state index contributed by atoms with van der Waals surface area (Å²) >= 11 is 0. The number of benzene rings is 2. The number of nitrogens with one attached hydrogen (secondary N) is 1. The summed E-state index contributed by atoms with van der Waals surface area (Å²) in [7, 11) is 0. The third-order valence-corrected chi connectivity index (χ3v) is 4.94. The van der Waals surface area contributed by atoms with Gasteiger partial charge in [0.1, 0.15) is 17.3 Å². The number of aromatic hydroxyl groups is 1. The number of carboxylic acid groups (broad SMARTS) is 1. The molecule has 0 bridgehead atoms. The van der Waals surface area contributed by atoms with Crippen molar-refractivity contribution in [1.29, 1.82) is 0 Å². The number of phenols is 1. The zero-order chi connectivity index (χ0) is 25.8. The van der Waals surface area contributed by atoms with Crippen molar-refractivity contribution in [3.63, 3.8) is 0 Å². The molecule has 0 aliphatic rings. The Balaban J connectivity index is 1.87. The molecule has 3 N–H and O–H groups in total. The Morgan fingerprint density at radius 3 is 2.54 bits per heavy atom. The predicted molar refractivity (Wildman–Crippen MR) is 119 cm³/mol. The van der Waals surface area contributed by atoms with Crippen molar-refractivity contribution >= 4 is 29.5 Å². The van der Waals surface area contributed by atoms with E-state index in [0.717, 1.165) is 12.1 Å². The summed E-state index contributed by atoms with van der Waals surface area (Å²) in [6, 6.07) is 6.34. The van der Waals surface area contributed by atoms with E-state index in [1.165, 1.54) is 29.0 Å². The summed E-state index contributed by atoms with van der Waals surface area (Å²) in [6.07, 6.45) is -2.39. The van der Waals surface area contributed by atoms with Gasteiger partial charge in [-0.3, -0.25) is 19.4 Å². The van der Waals surface area contributed by atoms with E-state index in [0.29, 0.717) is 17.8 Å². The van der Waals surface area contributed by atoms with Crippen LogP contribution in [0.5, 0.6) is 5.75 Å². The molecule has 0 amide bonds.